The van der Waals surface area contributed by atoms with Crippen molar-refractivity contribution in [1.29, 1.82) is 0 Å². The minimum Gasteiger partial charge on any atom is -0.479 e. The average Bonchev–Trinajstić information content (AvgIpc) is 2.80. The summed E-state index contributed by atoms with van der Waals surface area (Å²) in [6.45, 7) is 14.2. The predicted octanol–water partition coefficient (Wildman–Crippen LogP) is 5.16. The van der Waals surface area contributed by atoms with E-state index in [-0.39, 0.29) is 19.1 Å². The molecular formula is C29H50NO6Si. The van der Waals surface area contributed by atoms with Gasteiger partial charge in [-0.25, -0.2) is 4.79 Å². The number of carboxylic acid groups (broad SMARTS) is 1. The molecule has 1 radical (unpaired) electrons. The molecule has 2 atom stereocenters. The third-order valence-corrected chi connectivity index (χ3v) is 7.61. The van der Waals surface area contributed by atoms with Crippen molar-refractivity contribution in [3.05, 3.63) is 34.9 Å². The van der Waals surface area contributed by atoms with Crippen LogP contribution in [0.3, 0.4) is 0 Å². The molecular weight excluding hydrogens is 486 g/mol. The summed E-state index contributed by atoms with van der Waals surface area (Å²) in [6.07, 6.45) is 4.53. The molecule has 0 aliphatic heterocycles. The largest absolute Gasteiger partial charge is 0.479 e. The minimum absolute atomic E-state index is 0.116. The monoisotopic (exact) mass is 536 g/mol. The molecule has 0 spiro atoms. The van der Waals surface area contributed by atoms with Crippen LogP contribution in [-0.4, -0.2) is 74.5 Å². The number of aliphatic hydroxyl groups excluding tert-OH is 1. The van der Waals surface area contributed by atoms with Gasteiger partial charge in [-0.15, -0.1) is 0 Å². The number of hydrogen-bond acceptors (Lipinski definition) is 5. The number of likely N-dealkylation sites (N-methyl/N-ethyl adjacent to an activating group) is 1. The van der Waals surface area contributed by atoms with E-state index in [0.717, 1.165) is 38.5 Å². The molecule has 8 heteroatoms. The number of amides is 1. The van der Waals surface area contributed by atoms with Crippen molar-refractivity contribution in [2.75, 3.05) is 26.8 Å². The van der Waals surface area contributed by atoms with Gasteiger partial charge in [0.15, 0.2) is 11.7 Å². The van der Waals surface area contributed by atoms with E-state index < -0.39 is 32.1 Å². The molecule has 1 aromatic carbocycles. The van der Waals surface area contributed by atoms with Crippen molar-refractivity contribution in [2.24, 2.45) is 5.41 Å². The number of carboxylic acids is 1. The number of rotatable bonds is 17. The maximum atomic E-state index is 13.7. The molecule has 0 aliphatic carbocycles. The van der Waals surface area contributed by atoms with E-state index in [0.29, 0.717) is 13.0 Å². The summed E-state index contributed by atoms with van der Waals surface area (Å²) in [5.41, 5.74) is 1.20. The lowest BCUT2D eigenvalue weighted by atomic mass is 9.72. The number of nitrogens with zero attached hydrogens (tertiary/aromatic N) is 1. The van der Waals surface area contributed by atoms with Gasteiger partial charge in [-0.1, -0.05) is 45.4 Å². The first kappa shape index (κ1) is 33.3. The van der Waals surface area contributed by atoms with Gasteiger partial charge in [0.2, 0.25) is 9.04 Å². The second kappa shape index (κ2) is 15.6. The van der Waals surface area contributed by atoms with Crippen LogP contribution < -0.4 is 0 Å². The minimum atomic E-state index is -1.80. The number of ether oxygens (including phenoxy) is 1. The summed E-state index contributed by atoms with van der Waals surface area (Å²) in [5.74, 6) is -1.55. The Balaban J connectivity index is 2.99. The lowest BCUT2D eigenvalue weighted by molar-refractivity contribution is -0.199. The summed E-state index contributed by atoms with van der Waals surface area (Å²) in [5, 5.41) is 19.5. The standard InChI is InChI=1S/C29H50NO6Si/c1-22-16-17-24(21-23(22)2)15-11-9-14-20-35-25(26(32)30(6)18-12-10-13-19-31)29(27(33)34,28(3,4)5)36-37(7)8/h16-17,21,25,31H,9-15,18-20H2,1-8H3,(H,33,34)/t25-,29+/m0/s1. The fraction of sp³-hybridized carbons (Fsp3) is 0.724. The first-order chi connectivity index (χ1) is 17.3. The Morgan fingerprint density at radius 3 is 2.19 bits per heavy atom. The topological polar surface area (TPSA) is 96.3 Å². The molecule has 1 rings (SSSR count). The van der Waals surface area contributed by atoms with Gasteiger partial charge in [0.1, 0.15) is 0 Å². The van der Waals surface area contributed by atoms with Gasteiger partial charge in [-0.2, -0.15) is 0 Å². The first-order valence-corrected chi connectivity index (χ1v) is 15.9. The zero-order chi connectivity index (χ0) is 28.2. The van der Waals surface area contributed by atoms with Gasteiger partial charge in [0, 0.05) is 32.2 Å². The van der Waals surface area contributed by atoms with E-state index in [1.807, 2.05) is 13.1 Å². The van der Waals surface area contributed by atoms with Crippen LogP contribution in [0.5, 0.6) is 0 Å². The van der Waals surface area contributed by atoms with Gasteiger partial charge >= 0.3 is 5.97 Å². The molecule has 0 saturated heterocycles. The van der Waals surface area contributed by atoms with Gasteiger partial charge in [0.25, 0.3) is 5.91 Å². The van der Waals surface area contributed by atoms with Crippen LogP contribution >= 0.6 is 0 Å². The Labute approximate surface area is 226 Å². The van der Waals surface area contributed by atoms with Gasteiger partial charge < -0.3 is 24.3 Å². The number of carbonyl (C=O) groups excluding carboxylic acids is 1. The number of aliphatic carboxylic acids is 1. The van der Waals surface area contributed by atoms with Crippen molar-refractivity contribution in [2.45, 2.75) is 104 Å². The lowest BCUT2D eigenvalue weighted by Crippen LogP contribution is -2.66. The highest BCUT2D eigenvalue weighted by Crippen LogP contribution is 2.40. The predicted molar refractivity (Wildman–Crippen MR) is 150 cm³/mol. The van der Waals surface area contributed by atoms with Crippen LogP contribution in [0.25, 0.3) is 0 Å². The van der Waals surface area contributed by atoms with E-state index in [9.17, 15) is 14.7 Å². The number of benzene rings is 1. The Morgan fingerprint density at radius 2 is 1.65 bits per heavy atom. The lowest BCUT2D eigenvalue weighted by Gasteiger charge is -2.46. The fourth-order valence-corrected chi connectivity index (χ4v) is 5.62. The van der Waals surface area contributed by atoms with Gasteiger partial charge in [0.05, 0.1) is 0 Å². The Bertz CT molecular complexity index is 853. The molecule has 1 amide bonds. The van der Waals surface area contributed by atoms with Crippen molar-refractivity contribution in [3.8, 4) is 0 Å². The van der Waals surface area contributed by atoms with E-state index >= 15 is 0 Å². The maximum absolute atomic E-state index is 13.7. The van der Waals surface area contributed by atoms with Crippen LogP contribution in [-0.2, 0) is 25.2 Å². The van der Waals surface area contributed by atoms with Gasteiger partial charge in [-0.3, -0.25) is 4.79 Å². The highest BCUT2D eigenvalue weighted by molar-refractivity contribution is 6.48. The maximum Gasteiger partial charge on any atom is 0.338 e. The van der Waals surface area contributed by atoms with Crippen LogP contribution in [0.2, 0.25) is 13.1 Å². The van der Waals surface area contributed by atoms with Crippen molar-refractivity contribution in [1.82, 2.24) is 4.90 Å². The molecule has 7 nitrogen and oxygen atoms in total. The molecule has 0 unspecified atom stereocenters. The van der Waals surface area contributed by atoms with E-state index in [2.05, 4.69) is 32.0 Å². The van der Waals surface area contributed by atoms with Crippen LogP contribution in [0.1, 0.15) is 76.0 Å². The van der Waals surface area contributed by atoms with Crippen molar-refractivity contribution >= 4 is 20.9 Å². The normalized spacial score (nSPS) is 14.4. The summed E-state index contributed by atoms with van der Waals surface area (Å²) in [4.78, 5) is 28.0. The van der Waals surface area contributed by atoms with Crippen molar-refractivity contribution < 1.29 is 29.0 Å². The smallest absolute Gasteiger partial charge is 0.338 e. The molecule has 0 fully saturated rings. The van der Waals surface area contributed by atoms with Crippen molar-refractivity contribution in [3.63, 3.8) is 0 Å². The molecule has 0 saturated carbocycles. The zero-order valence-electron chi connectivity index (χ0n) is 24.4. The number of unbranched alkanes of at least 4 members (excludes halogenated alkanes) is 4. The average molecular weight is 537 g/mol. The molecule has 0 aromatic heterocycles. The SMILES string of the molecule is Cc1ccc(CCCCCO[C@@H](C(=O)N(C)CCCCCO)[C@@](O[Si](C)C)(C(=O)O)C(C)(C)C)cc1C. The van der Waals surface area contributed by atoms with E-state index in [1.165, 1.54) is 16.7 Å². The van der Waals surface area contributed by atoms with E-state index in [4.69, 9.17) is 14.3 Å². The molecule has 0 aliphatic rings. The van der Waals surface area contributed by atoms with Crippen LogP contribution in [0, 0.1) is 19.3 Å². The summed E-state index contributed by atoms with van der Waals surface area (Å²) >= 11 is 0. The Kier molecular flexibility index (Phi) is 14.0. The summed E-state index contributed by atoms with van der Waals surface area (Å²) in [6, 6.07) is 6.55. The fourth-order valence-electron chi connectivity index (χ4n) is 4.48. The molecule has 211 valence electrons. The molecule has 0 heterocycles. The number of aliphatic hydroxyl groups is 1. The number of hydrogen-bond donors (Lipinski definition) is 2. The Hall–Kier alpha value is -1.74. The molecule has 1 aromatic rings. The Morgan fingerprint density at radius 1 is 1.00 bits per heavy atom. The quantitative estimate of drug-likeness (QED) is 0.211. The van der Waals surface area contributed by atoms with E-state index in [1.54, 1.807) is 32.7 Å². The molecule has 0 bridgehead atoms. The van der Waals surface area contributed by atoms with Gasteiger partial charge in [-0.05, 0) is 82.2 Å². The number of aryl methyl sites for hydroxylation is 3. The second-order valence-corrected chi connectivity index (χ2v) is 13.3. The summed E-state index contributed by atoms with van der Waals surface area (Å²) in [7, 11) is 0.201. The first-order valence-electron chi connectivity index (χ1n) is 13.5. The third kappa shape index (κ3) is 9.82. The third-order valence-electron chi connectivity index (χ3n) is 6.88. The highest BCUT2D eigenvalue weighted by atomic mass is 28.3. The zero-order valence-corrected chi connectivity index (χ0v) is 25.4. The molecule has 2 N–H and O–H groups in total. The number of carbonyl (C=O) groups is 2. The molecule has 37 heavy (non-hydrogen) atoms. The van der Waals surface area contributed by atoms with Crippen LogP contribution in [0.15, 0.2) is 18.2 Å². The van der Waals surface area contributed by atoms with Crippen LogP contribution in [0.4, 0.5) is 0 Å². The second-order valence-electron chi connectivity index (χ2n) is 11.3. The highest BCUT2D eigenvalue weighted by Gasteiger charge is 2.60. The summed E-state index contributed by atoms with van der Waals surface area (Å²) < 4.78 is 12.4.